The van der Waals surface area contributed by atoms with Gasteiger partial charge in [-0.2, -0.15) is 17.2 Å². The van der Waals surface area contributed by atoms with Crippen molar-refractivity contribution in [3.05, 3.63) is 0 Å². The molecule has 0 unspecified atom stereocenters. The van der Waals surface area contributed by atoms with E-state index in [0.717, 1.165) is 0 Å². The molecule has 0 atom stereocenters. The Hall–Kier alpha value is 1.65. The first-order valence-corrected chi connectivity index (χ1v) is 3.29. The van der Waals surface area contributed by atoms with Crippen LogP contribution >= 0.6 is 17.2 Å². The summed E-state index contributed by atoms with van der Waals surface area (Å²) < 4.78 is 3.16. The Labute approximate surface area is 74.3 Å². The largest absolute Gasteiger partial charge is 2.00 e. The van der Waals surface area contributed by atoms with Crippen LogP contribution in [-0.4, -0.2) is 0 Å². The fourth-order valence-electron chi connectivity index (χ4n) is 0.0544. The second-order valence-electron chi connectivity index (χ2n) is 0.529. The SMILES string of the molecule is [Ni+2].[Ni+2].[O-]P([O-])OP([O-])[O-]. The molecule has 0 aromatic carbocycles. The van der Waals surface area contributed by atoms with Crippen molar-refractivity contribution in [1.82, 2.24) is 0 Å². The molecule has 0 aromatic heterocycles. The van der Waals surface area contributed by atoms with Crippen LogP contribution in [0.4, 0.5) is 0 Å². The second-order valence-corrected chi connectivity index (χ2v) is 2.08. The Morgan fingerprint density at radius 1 is 0.778 bits per heavy atom. The molecule has 0 spiro atoms. The van der Waals surface area contributed by atoms with Gasteiger partial charge in [0.25, 0.3) is 0 Å². The van der Waals surface area contributed by atoms with Crippen molar-refractivity contribution in [3.63, 3.8) is 0 Å². The van der Waals surface area contributed by atoms with Crippen molar-refractivity contribution in [2.24, 2.45) is 0 Å². The van der Waals surface area contributed by atoms with E-state index in [4.69, 9.17) is 0 Å². The molecule has 0 radical (unpaired) electrons. The van der Waals surface area contributed by atoms with Crippen LogP contribution in [-0.2, 0) is 37.3 Å². The summed E-state index contributed by atoms with van der Waals surface area (Å²) in [7, 11) is -6.47. The van der Waals surface area contributed by atoms with Crippen molar-refractivity contribution >= 4 is 17.2 Å². The van der Waals surface area contributed by atoms with Crippen LogP contribution in [0.3, 0.4) is 0 Å². The van der Waals surface area contributed by atoms with Gasteiger partial charge >= 0.3 is 33.0 Å². The standard InChI is InChI=1S/2Ni.O5P2/c;;1-6(2)5-7(3)4/q2*+2;-4. The van der Waals surface area contributed by atoms with E-state index in [1.54, 1.807) is 0 Å². The molecule has 0 aliphatic carbocycles. The summed E-state index contributed by atoms with van der Waals surface area (Å²) in [5.41, 5.74) is 0. The quantitative estimate of drug-likeness (QED) is 0.386. The minimum Gasteiger partial charge on any atom is -0.820 e. The summed E-state index contributed by atoms with van der Waals surface area (Å²) >= 11 is 0. The number of rotatable bonds is 2. The van der Waals surface area contributed by atoms with Gasteiger partial charge in [0.1, 0.15) is 0 Å². The van der Waals surface area contributed by atoms with Gasteiger partial charge in [-0.25, -0.2) is 0 Å². The van der Waals surface area contributed by atoms with E-state index in [-0.39, 0.29) is 33.0 Å². The zero-order valence-corrected chi connectivity index (χ0v) is 7.33. The van der Waals surface area contributed by atoms with Crippen molar-refractivity contribution in [2.45, 2.75) is 0 Å². The van der Waals surface area contributed by atoms with Crippen molar-refractivity contribution in [1.29, 1.82) is 0 Å². The average Bonchev–Trinajstić information content (AvgIpc) is 1.27. The summed E-state index contributed by atoms with van der Waals surface area (Å²) in [4.78, 5) is 37.0. The predicted molar refractivity (Wildman–Crippen MR) is 14.9 cm³/mol. The molecule has 0 rings (SSSR count). The molecule has 0 aliphatic heterocycles. The maximum atomic E-state index is 9.24. The van der Waals surface area contributed by atoms with Crippen LogP contribution in [0.25, 0.3) is 0 Å². The Kier molecular flexibility index (Phi) is 18.2. The molecule has 0 saturated carbocycles. The summed E-state index contributed by atoms with van der Waals surface area (Å²) in [6.45, 7) is 0. The normalized spacial score (nSPS) is 8.67. The summed E-state index contributed by atoms with van der Waals surface area (Å²) in [5.74, 6) is 0. The zero-order valence-electron chi connectivity index (χ0n) is 3.57. The summed E-state index contributed by atoms with van der Waals surface area (Å²) in [5, 5.41) is 0. The van der Waals surface area contributed by atoms with E-state index >= 15 is 0 Å². The van der Waals surface area contributed by atoms with Gasteiger partial charge in [-0.3, -0.25) is 0 Å². The summed E-state index contributed by atoms with van der Waals surface area (Å²) in [6, 6.07) is 0. The first kappa shape index (κ1) is 16.9. The fourth-order valence-corrected chi connectivity index (χ4v) is 0.490. The van der Waals surface area contributed by atoms with E-state index in [2.05, 4.69) is 4.31 Å². The first-order chi connectivity index (χ1) is 3.13. The minimum atomic E-state index is -3.24. The van der Waals surface area contributed by atoms with Gasteiger partial charge < -0.3 is 23.9 Å². The van der Waals surface area contributed by atoms with Gasteiger partial charge in [0.2, 0.25) is 0 Å². The van der Waals surface area contributed by atoms with E-state index in [9.17, 15) is 19.6 Å². The molecule has 0 saturated heterocycles. The third-order valence-corrected chi connectivity index (χ3v) is 1.20. The molecule has 0 fully saturated rings. The van der Waals surface area contributed by atoms with Gasteiger partial charge in [0.15, 0.2) is 0 Å². The smallest absolute Gasteiger partial charge is 0.820 e. The van der Waals surface area contributed by atoms with E-state index in [1.807, 2.05) is 0 Å². The van der Waals surface area contributed by atoms with Gasteiger partial charge in [-0.1, -0.05) is 0 Å². The molecule has 0 bridgehead atoms. The molecule has 0 N–H and O–H groups in total. The molecule has 0 aliphatic rings. The van der Waals surface area contributed by atoms with Crippen LogP contribution < -0.4 is 19.6 Å². The molecule has 0 heterocycles. The second kappa shape index (κ2) is 9.65. The van der Waals surface area contributed by atoms with Gasteiger partial charge in [0.05, 0.1) is 0 Å². The third-order valence-electron chi connectivity index (χ3n) is 0.133. The fraction of sp³-hybridized carbons (Fsp3) is 0. The molecular weight excluding hydrogens is 259 g/mol. The number of hydrogen-bond acceptors (Lipinski definition) is 5. The Balaban J connectivity index is -0.000000180. The van der Waals surface area contributed by atoms with Crippen molar-refractivity contribution in [3.8, 4) is 0 Å². The van der Waals surface area contributed by atoms with Crippen LogP contribution in [0.5, 0.6) is 0 Å². The van der Waals surface area contributed by atoms with Crippen molar-refractivity contribution in [2.75, 3.05) is 0 Å². The zero-order chi connectivity index (χ0) is 5.86. The van der Waals surface area contributed by atoms with Crippen LogP contribution in [0, 0.1) is 0 Å². The number of hydrogen-bond donors (Lipinski definition) is 0. The molecular formula is Ni2O5P2. The first-order valence-electron chi connectivity index (χ1n) is 1.10. The Morgan fingerprint density at radius 3 is 1.00 bits per heavy atom. The van der Waals surface area contributed by atoms with Gasteiger partial charge in [0, 0.05) is 0 Å². The Bertz CT molecular complexity index is 42.2. The maximum Gasteiger partial charge on any atom is 2.00 e. The van der Waals surface area contributed by atoms with Crippen LogP contribution in [0.2, 0.25) is 0 Å². The topological polar surface area (TPSA) is 101 Å². The molecule has 0 aromatic rings. The average molecular weight is 259 g/mol. The van der Waals surface area contributed by atoms with E-state index < -0.39 is 17.2 Å². The van der Waals surface area contributed by atoms with Crippen LogP contribution in [0.1, 0.15) is 0 Å². The molecule has 5 nitrogen and oxygen atoms in total. The molecule has 9 heavy (non-hydrogen) atoms. The minimum absolute atomic E-state index is 0. The van der Waals surface area contributed by atoms with E-state index in [0.29, 0.717) is 0 Å². The molecule has 60 valence electrons. The Morgan fingerprint density at radius 2 is 1.00 bits per heavy atom. The summed E-state index contributed by atoms with van der Waals surface area (Å²) in [6.07, 6.45) is 0. The van der Waals surface area contributed by atoms with Gasteiger partial charge in [-0.05, 0) is 0 Å². The van der Waals surface area contributed by atoms with Crippen LogP contribution in [0.15, 0.2) is 0 Å². The monoisotopic (exact) mass is 258 g/mol. The van der Waals surface area contributed by atoms with Gasteiger partial charge in [-0.15, -0.1) is 0 Å². The molecule has 0 amide bonds. The third kappa shape index (κ3) is 17.7. The van der Waals surface area contributed by atoms with E-state index in [1.165, 1.54) is 0 Å². The molecule has 9 heteroatoms. The van der Waals surface area contributed by atoms with Crippen molar-refractivity contribution < 1.29 is 56.9 Å². The maximum absolute atomic E-state index is 9.24. The predicted octanol–water partition coefficient (Wildman–Crippen LogP) is -3.11.